The Morgan fingerprint density at radius 2 is 1.90 bits per heavy atom. The van der Waals surface area contributed by atoms with Gasteiger partial charge in [-0.3, -0.25) is 4.79 Å². The van der Waals surface area contributed by atoms with Crippen molar-refractivity contribution in [2.45, 2.75) is 32.5 Å². The Bertz CT molecular complexity index is 274. The van der Waals surface area contributed by atoms with Crippen LogP contribution in [0.5, 0.6) is 0 Å². The Balaban J connectivity index is 3.82. The lowest BCUT2D eigenvalue weighted by molar-refractivity contribution is -0.145. The second-order valence-corrected chi connectivity index (χ2v) is 10.3. The molecule has 0 bridgehead atoms. The summed E-state index contributed by atoms with van der Waals surface area (Å²) in [4.78, 5) is 13.6. The molecule has 0 aliphatic heterocycles. The average Bonchev–Trinajstić information content (AvgIpc) is 2.36. The largest absolute Gasteiger partial charge is 0.463 e. The summed E-state index contributed by atoms with van der Waals surface area (Å²) in [7, 11) is 3.93. The molecule has 1 atom stereocenters. The van der Waals surface area contributed by atoms with E-state index in [1.807, 2.05) is 7.05 Å². The maximum absolute atomic E-state index is 11.5. The third-order valence-electron chi connectivity index (χ3n) is 3.26. The minimum absolute atomic E-state index is 0.159. The highest BCUT2D eigenvalue weighted by Crippen LogP contribution is 2.18. The number of carbonyl (C=O) groups excluding carboxylic acids is 1. The highest BCUT2D eigenvalue weighted by atomic mass is 28.4. The zero-order valence-corrected chi connectivity index (χ0v) is 14.9. The summed E-state index contributed by atoms with van der Waals surface area (Å²) < 4.78 is 15.4. The number of esters is 1. The first kappa shape index (κ1) is 19.6. The fraction of sp³-hybridized carbons (Fsp3) is 0.929. The van der Waals surface area contributed by atoms with E-state index < -0.39 is 8.32 Å². The number of ether oxygens (including phenoxy) is 2. The Morgan fingerprint density at radius 1 is 1.25 bits per heavy atom. The lowest BCUT2D eigenvalue weighted by Gasteiger charge is -2.27. The molecule has 1 unspecified atom stereocenters. The number of hydrogen-bond donors (Lipinski definition) is 0. The lowest BCUT2D eigenvalue weighted by Crippen LogP contribution is -2.35. The Kier molecular flexibility index (Phi) is 10.1. The maximum Gasteiger partial charge on any atom is 0.307 e. The van der Waals surface area contributed by atoms with Crippen LogP contribution in [0.1, 0.15) is 13.3 Å². The van der Waals surface area contributed by atoms with Crippen LogP contribution in [-0.4, -0.2) is 66.8 Å². The van der Waals surface area contributed by atoms with Crippen molar-refractivity contribution in [3.8, 4) is 0 Å². The highest BCUT2D eigenvalue weighted by Gasteiger charge is 2.24. The molecule has 0 fully saturated rings. The third kappa shape index (κ3) is 10.4. The first-order valence-corrected chi connectivity index (χ1v) is 10.3. The van der Waals surface area contributed by atoms with Crippen molar-refractivity contribution in [2.24, 2.45) is 5.92 Å². The van der Waals surface area contributed by atoms with Crippen LogP contribution in [0.2, 0.25) is 19.1 Å². The molecule has 0 N–H and O–H groups in total. The van der Waals surface area contributed by atoms with Gasteiger partial charge in [0.05, 0.1) is 13.0 Å². The van der Waals surface area contributed by atoms with Crippen LogP contribution in [0.15, 0.2) is 0 Å². The third-order valence-corrected chi connectivity index (χ3v) is 6.05. The highest BCUT2D eigenvalue weighted by molar-refractivity contribution is 6.71. The summed E-state index contributed by atoms with van der Waals surface area (Å²) in [5, 5.41) is 0. The van der Waals surface area contributed by atoms with E-state index in [1.54, 1.807) is 14.2 Å². The monoisotopic (exact) mass is 305 g/mol. The normalized spacial score (nSPS) is 13.6. The number of carbonyl (C=O) groups is 1. The number of hydrogen-bond acceptors (Lipinski definition) is 5. The Hall–Kier alpha value is -0.433. The molecule has 0 saturated carbocycles. The summed E-state index contributed by atoms with van der Waals surface area (Å²) in [6, 6.07) is 1.13. The predicted octanol–water partition coefficient (Wildman–Crippen LogP) is 1.99. The maximum atomic E-state index is 11.5. The van der Waals surface area contributed by atoms with E-state index in [0.29, 0.717) is 25.6 Å². The quantitative estimate of drug-likeness (QED) is 0.332. The second kappa shape index (κ2) is 10.3. The van der Waals surface area contributed by atoms with Gasteiger partial charge in [-0.15, -0.1) is 0 Å². The summed E-state index contributed by atoms with van der Waals surface area (Å²) in [5.41, 5.74) is 0. The van der Waals surface area contributed by atoms with E-state index in [-0.39, 0.29) is 5.97 Å². The molecule has 0 rings (SSSR count). The molecule has 0 aliphatic carbocycles. The molecule has 0 aromatic heterocycles. The minimum atomic E-state index is -1.51. The van der Waals surface area contributed by atoms with Gasteiger partial charge in [0, 0.05) is 27.3 Å². The molecular weight excluding hydrogens is 274 g/mol. The average molecular weight is 305 g/mol. The van der Waals surface area contributed by atoms with Crippen LogP contribution < -0.4 is 0 Å². The fourth-order valence-electron chi connectivity index (χ4n) is 2.20. The molecule has 0 aromatic carbocycles. The summed E-state index contributed by atoms with van der Waals surface area (Å²) in [6.07, 6.45) is 0.429. The van der Waals surface area contributed by atoms with E-state index >= 15 is 0 Å². The van der Waals surface area contributed by atoms with Gasteiger partial charge in [0.2, 0.25) is 0 Å². The van der Waals surface area contributed by atoms with Gasteiger partial charge in [0.15, 0.2) is 8.32 Å². The van der Waals surface area contributed by atoms with E-state index in [1.165, 1.54) is 0 Å². The van der Waals surface area contributed by atoms with E-state index in [0.717, 1.165) is 19.1 Å². The molecule has 120 valence electrons. The first-order chi connectivity index (χ1) is 9.30. The van der Waals surface area contributed by atoms with Crippen molar-refractivity contribution < 1.29 is 18.7 Å². The van der Waals surface area contributed by atoms with Crippen LogP contribution in [-0.2, 0) is 18.7 Å². The molecule has 0 radical (unpaired) electrons. The van der Waals surface area contributed by atoms with E-state index in [4.69, 9.17) is 13.9 Å². The molecule has 6 heteroatoms. The number of rotatable bonds is 11. The van der Waals surface area contributed by atoms with Crippen molar-refractivity contribution in [2.75, 3.05) is 47.6 Å². The topological polar surface area (TPSA) is 48.0 Å². The van der Waals surface area contributed by atoms with E-state index in [2.05, 4.69) is 24.9 Å². The van der Waals surface area contributed by atoms with Crippen molar-refractivity contribution in [3.05, 3.63) is 0 Å². The number of methoxy groups -OCH3 is 1. The minimum Gasteiger partial charge on any atom is -0.463 e. The molecule has 20 heavy (non-hydrogen) atoms. The molecular formula is C14H31NO4Si. The van der Waals surface area contributed by atoms with Crippen LogP contribution in [0, 0.1) is 5.92 Å². The Labute approximate surface area is 124 Å². The van der Waals surface area contributed by atoms with Gasteiger partial charge in [-0.25, -0.2) is 0 Å². The standard InChI is InChI=1S/C14H31NO4Si/c1-13(12-20(5,6)18-4)11-15(2)8-7-14(16)19-10-9-17-3/h13H,7-12H2,1-6H3. The van der Waals surface area contributed by atoms with Crippen molar-refractivity contribution in [1.82, 2.24) is 4.90 Å². The molecule has 0 aromatic rings. The molecule has 0 saturated heterocycles. The smallest absolute Gasteiger partial charge is 0.307 e. The summed E-state index contributed by atoms with van der Waals surface area (Å²) in [6.45, 7) is 9.20. The van der Waals surface area contributed by atoms with Crippen LogP contribution >= 0.6 is 0 Å². The zero-order valence-electron chi connectivity index (χ0n) is 13.9. The van der Waals surface area contributed by atoms with Crippen LogP contribution in [0.4, 0.5) is 0 Å². The van der Waals surface area contributed by atoms with Gasteiger partial charge >= 0.3 is 5.97 Å². The van der Waals surface area contributed by atoms with Gasteiger partial charge in [-0.1, -0.05) is 6.92 Å². The van der Waals surface area contributed by atoms with Gasteiger partial charge in [-0.2, -0.15) is 0 Å². The summed E-state index contributed by atoms with van der Waals surface area (Å²) in [5.74, 6) is 0.416. The zero-order chi connectivity index (χ0) is 15.6. The van der Waals surface area contributed by atoms with Gasteiger partial charge in [0.25, 0.3) is 0 Å². The van der Waals surface area contributed by atoms with Crippen molar-refractivity contribution in [3.63, 3.8) is 0 Å². The van der Waals surface area contributed by atoms with Crippen molar-refractivity contribution >= 4 is 14.3 Å². The van der Waals surface area contributed by atoms with E-state index in [9.17, 15) is 4.79 Å². The summed E-state index contributed by atoms with van der Waals surface area (Å²) >= 11 is 0. The second-order valence-electron chi connectivity index (χ2n) is 6.00. The van der Waals surface area contributed by atoms with Gasteiger partial charge < -0.3 is 18.8 Å². The molecule has 0 amide bonds. The molecule has 5 nitrogen and oxygen atoms in total. The van der Waals surface area contributed by atoms with Crippen LogP contribution in [0.3, 0.4) is 0 Å². The molecule has 0 heterocycles. The first-order valence-electron chi connectivity index (χ1n) is 7.19. The number of nitrogens with zero attached hydrogens (tertiary/aromatic N) is 1. The predicted molar refractivity (Wildman–Crippen MR) is 83.4 cm³/mol. The lowest BCUT2D eigenvalue weighted by atomic mass is 10.2. The van der Waals surface area contributed by atoms with Gasteiger partial charge in [-0.05, 0) is 32.1 Å². The fourth-order valence-corrected chi connectivity index (χ4v) is 4.18. The molecule has 0 spiro atoms. The SMILES string of the molecule is COCCOC(=O)CCN(C)CC(C)C[Si](C)(C)OC. The molecule has 0 aliphatic rings. The van der Waals surface area contributed by atoms with Gasteiger partial charge in [0.1, 0.15) is 6.61 Å². The van der Waals surface area contributed by atoms with Crippen molar-refractivity contribution in [1.29, 1.82) is 0 Å². The Morgan fingerprint density at radius 3 is 2.45 bits per heavy atom. The van der Waals surface area contributed by atoms with Crippen LogP contribution in [0.25, 0.3) is 0 Å².